The molecule has 5 heteroatoms. The average Bonchev–Trinajstić information content (AvgIpc) is 2.86. The molecule has 0 spiro atoms. The molecule has 5 nitrogen and oxygen atoms in total. The van der Waals surface area contributed by atoms with Crippen molar-refractivity contribution >= 4 is 5.97 Å². The molecule has 0 radical (unpaired) electrons. The van der Waals surface area contributed by atoms with E-state index in [0.717, 1.165) is 33.4 Å². The third-order valence-electron chi connectivity index (χ3n) is 5.05. The molecule has 36 heavy (non-hydrogen) atoms. The SMILES string of the molecule is C=C(C)C(=O)Oc1cc(-c2ccc(-c3ccc(OC=C(C)C)c(OC=C(C)C)c3)cc2)ccc1OC. The molecule has 0 bridgehead atoms. The van der Waals surface area contributed by atoms with E-state index in [1.54, 1.807) is 31.6 Å². The Labute approximate surface area is 213 Å². The predicted octanol–water partition coefficient (Wildman–Crippen LogP) is 8.12. The Kier molecular flexibility index (Phi) is 8.74. The highest BCUT2D eigenvalue weighted by Crippen LogP contribution is 2.36. The maximum Gasteiger partial charge on any atom is 0.338 e. The first-order valence-corrected chi connectivity index (χ1v) is 11.6. The summed E-state index contributed by atoms with van der Waals surface area (Å²) in [4.78, 5) is 12.0. The zero-order valence-corrected chi connectivity index (χ0v) is 21.7. The summed E-state index contributed by atoms with van der Waals surface area (Å²) in [5, 5.41) is 0. The second-order valence-electron chi connectivity index (χ2n) is 8.90. The maximum atomic E-state index is 12.0. The minimum Gasteiger partial charge on any atom is -0.493 e. The summed E-state index contributed by atoms with van der Waals surface area (Å²) >= 11 is 0. The predicted molar refractivity (Wildman–Crippen MR) is 144 cm³/mol. The number of allylic oxidation sites excluding steroid dienone is 2. The fourth-order valence-electron chi connectivity index (χ4n) is 3.22. The standard InChI is InChI=1S/C31H32O5/c1-20(2)18-34-28-15-13-25(16-29(28)35-19-21(3)4)23-8-10-24(11-9-23)26-12-14-27(33-7)30(17-26)36-31(32)22(5)6/h8-19H,5H2,1-4,6-7H3. The Bertz CT molecular complexity index is 1310. The van der Waals surface area contributed by atoms with Crippen LogP contribution in [0.15, 0.2) is 96.5 Å². The maximum absolute atomic E-state index is 12.0. The van der Waals surface area contributed by atoms with Gasteiger partial charge in [0, 0.05) is 5.57 Å². The molecule has 0 aromatic heterocycles. The van der Waals surface area contributed by atoms with E-state index < -0.39 is 5.97 Å². The molecule has 3 aromatic carbocycles. The molecule has 0 aliphatic rings. The summed E-state index contributed by atoms with van der Waals surface area (Å²) in [5.41, 5.74) is 6.30. The van der Waals surface area contributed by atoms with Crippen LogP contribution in [0.25, 0.3) is 22.3 Å². The summed E-state index contributed by atoms with van der Waals surface area (Å²) in [6.07, 6.45) is 3.41. The van der Waals surface area contributed by atoms with Crippen LogP contribution in [-0.4, -0.2) is 13.1 Å². The first-order valence-electron chi connectivity index (χ1n) is 11.6. The molecule has 186 valence electrons. The molecule has 0 atom stereocenters. The number of esters is 1. The van der Waals surface area contributed by atoms with Crippen LogP contribution in [-0.2, 0) is 4.79 Å². The number of carbonyl (C=O) groups is 1. The topological polar surface area (TPSA) is 54.0 Å². The first kappa shape index (κ1) is 26.4. The van der Waals surface area contributed by atoms with Crippen molar-refractivity contribution in [3.63, 3.8) is 0 Å². The van der Waals surface area contributed by atoms with Gasteiger partial charge in [0.1, 0.15) is 0 Å². The van der Waals surface area contributed by atoms with Gasteiger partial charge in [0.2, 0.25) is 0 Å². The lowest BCUT2D eigenvalue weighted by Crippen LogP contribution is -2.09. The van der Waals surface area contributed by atoms with Gasteiger partial charge in [-0.25, -0.2) is 4.79 Å². The Morgan fingerprint density at radius 3 is 1.56 bits per heavy atom. The highest BCUT2D eigenvalue weighted by molar-refractivity contribution is 5.89. The zero-order chi connectivity index (χ0) is 26.2. The summed E-state index contributed by atoms with van der Waals surface area (Å²) in [5.74, 6) is 1.60. The summed E-state index contributed by atoms with van der Waals surface area (Å²) in [6, 6.07) is 19.5. The van der Waals surface area contributed by atoms with Crippen LogP contribution in [0, 0.1) is 0 Å². The lowest BCUT2D eigenvalue weighted by atomic mass is 9.99. The van der Waals surface area contributed by atoms with Gasteiger partial charge in [-0.05, 0) is 92.3 Å². The molecule has 0 fully saturated rings. The largest absolute Gasteiger partial charge is 0.493 e. The van der Waals surface area contributed by atoms with E-state index in [1.807, 2.05) is 76.2 Å². The fourth-order valence-corrected chi connectivity index (χ4v) is 3.22. The first-order chi connectivity index (χ1) is 17.2. The number of benzene rings is 3. The monoisotopic (exact) mass is 484 g/mol. The van der Waals surface area contributed by atoms with Crippen molar-refractivity contribution in [2.24, 2.45) is 0 Å². The molecule has 3 aromatic rings. The molecule has 0 amide bonds. The molecule has 0 saturated carbocycles. The van der Waals surface area contributed by atoms with E-state index in [1.165, 1.54) is 7.11 Å². The average molecular weight is 485 g/mol. The van der Waals surface area contributed by atoms with Gasteiger partial charge < -0.3 is 18.9 Å². The number of carbonyl (C=O) groups excluding carboxylic acids is 1. The molecule has 0 unspecified atom stereocenters. The van der Waals surface area contributed by atoms with Crippen molar-refractivity contribution in [3.8, 4) is 45.3 Å². The van der Waals surface area contributed by atoms with Crippen LogP contribution in [0.1, 0.15) is 34.6 Å². The van der Waals surface area contributed by atoms with Gasteiger partial charge in [0.25, 0.3) is 0 Å². The number of hydrogen-bond acceptors (Lipinski definition) is 5. The molecule has 0 heterocycles. The van der Waals surface area contributed by atoms with Crippen LogP contribution in [0.2, 0.25) is 0 Å². The van der Waals surface area contributed by atoms with Gasteiger partial charge in [0.15, 0.2) is 23.0 Å². The second-order valence-corrected chi connectivity index (χ2v) is 8.90. The van der Waals surface area contributed by atoms with E-state index in [4.69, 9.17) is 18.9 Å². The van der Waals surface area contributed by atoms with Gasteiger partial charge >= 0.3 is 5.97 Å². The Balaban J connectivity index is 1.91. The van der Waals surface area contributed by atoms with Crippen LogP contribution in [0.5, 0.6) is 23.0 Å². The van der Waals surface area contributed by atoms with Crippen LogP contribution in [0.4, 0.5) is 0 Å². The van der Waals surface area contributed by atoms with E-state index >= 15 is 0 Å². The van der Waals surface area contributed by atoms with Gasteiger partial charge in [-0.2, -0.15) is 0 Å². The molecule has 0 saturated heterocycles. The number of rotatable bonds is 9. The second kappa shape index (κ2) is 11.9. The van der Waals surface area contributed by atoms with Gasteiger partial charge in [-0.3, -0.25) is 0 Å². The van der Waals surface area contributed by atoms with Gasteiger partial charge in [-0.15, -0.1) is 0 Å². The van der Waals surface area contributed by atoms with E-state index in [2.05, 4.69) is 6.58 Å². The molecule has 0 aliphatic heterocycles. The van der Waals surface area contributed by atoms with E-state index in [9.17, 15) is 4.79 Å². The van der Waals surface area contributed by atoms with Crippen molar-refractivity contribution in [3.05, 3.63) is 96.5 Å². The van der Waals surface area contributed by atoms with Crippen LogP contribution >= 0.6 is 0 Å². The summed E-state index contributed by atoms with van der Waals surface area (Å²) in [7, 11) is 1.54. The molecule has 0 aliphatic carbocycles. The smallest absolute Gasteiger partial charge is 0.338 e. The van der Waals surface area contributed by atoms with Crippen molar-refractivity contribution in [2.75, 3.05) is 7.11 Å². The Morgan fingerprint density at radius 2 is 1.08 bits per heavy atom. The molecular weight excluding hydrogens is 452 g/mol. The van der Waals surface area contributed by atoms with Gasteiger partial charge in [-0.1, -0.05) is 43.0 Å². The summed E-state index contributed by atoms with van der Waals surface area (Å²) in [6.45, 7) is 13.1. The summed E-state index contributed by atoms with van der Waals surface area (Å²) < 4.78 is 22.5. The van der Waals surface area contributed by atoms with Gasteiger partial charge in [0.05, 0.1) is 19.6 Å². The third-order valence-corrected chi connectivity index (χ3v) is 5.05. The minimum atomic E-state index is -0.496. The van der Waals surface area contributed by atoms with E-state index in [0.29, 0.717) is 28.6 Å². The normalized spacial score (nSPS) is 10.2. The Hall–Kier alpha value is -4.25. The van der Waals surface area contributed by atoms with E-state index in [-0.39, 0.29) is 0 Å². The quantitative estimate of drug-likeness (QED) is 0.133. The van der Waals surface area contributed by atoms with Crippen molar-refractivity contribution in [1.29, 1.82) is 0 Å². The number of methoxy groups -OCH3 is 1. The highest BCUT2D eigenvalue weighted by Gasteiger charge is 2.13. The fraction of sp³-hybridized carbons (Fsp3) is 0.194. The molecule has 3 rings (SSSR count). The molecule has 0 N–H and O–H groups in total. The van der Waals surface area contributed by atoms with Crippen molar-refractivity contribution in [1.82, 2.24) is 0 Å². The van der Waals surface area contributed by atoms with Crippen molar-refractivity contribution in [2.45, 2.75) is 34.6 Å². The lowest BCUT2D eigenvalue weighted by Gasteiger charge is -2.13. The number of ether oxygens (including phenoxy) is 4. The highest BCUT2D eigenvalue weighted by atomic mass is 16.6. The zero-order valence-electron chi connectivity index (χ0n) is 21.7. The Morgan fingerprint density at radius 1 is 0.639 bits per heavy atom. The molecular formula is C31H32O5. The van der Waals surface area contributed by atoms with Crippen LogP contribution < -0.4 is 18.9 Å². The number of hydrogen-bond donors (Lipinski definition) is 0. The van der Waals surface area contributed by atoms with Crippen LogP contribution in [0.3, 0.4) is 0 Å². The lowest BCUT2D eigenvalue weighted by molar-refractivity contribution is -0.130. The third kappa shape index (κ3) is 6.89. The minimum absolute atomic E-state index is 0.317. The van der Waals surface area contributed by atoms with Crippen molar-refractivity contribution < 1.29 is 23.7 Å².